The second-order valence-corrected chi connectivity index (χ2v) is 8.19. The van der Waals surface area contributed by atoms with Crippen molar-refractivity contribution in [2.45, 2.75) is 6.92 Å². The molecule has 0 radical (unpaired) electrons. The second-order valence-electron chi connectivity index (χ2n) is 8.19. The topological polar surface area (TPSA) is 140 Å². The molecule has 0 unspecified atom stereocenters. The van der Waals surface area contributed by atoms with E-state index in [0.29, 0.717) is 0 Å². The highest BCUT2D eigenvalue weighted by Gasteiger charge is 2.31. The Kier molecular flexibility index (Phi) is 7.93. The lowest BCUT2D eigenvalue weighted by molar-refractivity contribution is -0.0288. The number of phenols is 3. The van der Waals surface area contributed by atoms with Crippen molar-refractivity contribution in [1.29, 1.82) is 0 Å². The van der Waals surface area contributed by atoms with Gasteiger partial charge < -0.3 is 29.5 Å². The lowest BCUT2D eigenvalue weighted by atomic mass is 9.94. The van der Waals surface area contributed by atoms with Crippen LogP contribution >= 0.6 is 0 Å². The molecule has 35 heavy (non-hydrogen) atoms. The summed E-state index contributed by atoms with van der Waals surface area (Å²) in [4.78, 5) is 37.3. The molecule has 0 aliphatic rings. The van der Waals surface area contributed by atoms with Gasteiger partial charge in [0, 0.05) is 0 Å². The average Bonchev–Trinajstić information content (AvgIpc) is 2.84. The third-order valence-electron chi connectivity index (χ3n) is 4.90. The zero-order chi connectivity index (χ0) is 25.4. The Labute approximate surface area is 201 Å². The van der Waals surface area contributed by atoms with E-state index in [2.05, 4.69) is 0 Å². The molecular weight excluding hydrogens is 456 g/mol. The first kappa shape index (κ1) is 25.1. The van der Waals surface area contributed by atoms with Gasteiger partial charge in [-0.2, -0.15) is 0 Å². The first-order valence-electron chi connectivity index (χ1n) is 10.5. The fourth-order valence-electron chi connectivity index (χ4n) is 2.99. The van der Waals surface area contributed by atoms with Crippen molar-refractivity contribution in [3.63, 3.8) is 0 Å². The molecule has 9 nitrogen and oxygen atoms in total. The molecule has 3 aromatic carbocycles. The van der Waals surface area contributed by atoms with Crippen molar-refractivity contribution in [2.75, 3.05) is 19.8 Å². The Morgan fingerprint density at radius 1 is 0.600 bits per heavy atom. The molecule has 0 spiro atoms. The van der Waals surface area contributed by atoms with E-state index in [9.17, 15) is 29.7 Å². The maximum atomic E-state index is 12.4. The van der Waals surface area contributed by atoms with Gasteiger partial charge in [0.1, 0.15) is 37.1 Å². The molecule has 0 aliphatic carbocycles. The van der Waals surface area contributed by atoms with Gasteiger partial charge in [-0.15, -0.1) is 0 Å². The minimum absolute atomic E-state index is 0.109. The van der Waals surface area contributed by atoms with Gasteiger partial charge >= 0.3 is 17.9 Å². The number of hydrogen-bond acceptors (Lipinski definition) is 9. The van der Waals surface area contributed by atoms with Crippen LogP contribution in [0.2, 0.25) is 0 Å². The Balaban J connectivity index is 1.70. The zero-order valence-corrected chi connectivity index (χ0v) is 18.8. The van der Waals surface area contributed by atoms with Crippen LogP contribution < -0.4 is 0 Å². The van der Waals surface area contributed by atoms with E-state index in [1.165, 1.54) is 72.8 Å². The third kappa shape index (κ3) is 7.23. The monoisotopic (exact) mass is 480 g/mol. The van der Waals surface area contributed by atoms with Gasteiger partial charge in [0.25, 0.3) is 0 Å². The minimum atomic E-state index is -1.15. The number of esters is 3. The molecule has 0 bridgehead atoms. The number of aromatic hydroxyl groups is 3. The van der Waals surface area contributed by atoms with Gasteiger partial charge in [0.2, 0.25) is 0 Å². The predicted octanol–water partition coefficient (Wildman–Crippen LogP) is 3.68. The molecule has 0 aliphatic heterocycles. The van der Waals surface area contributed by atoms with Crippen LogP contribution in [0.4, 0.5) is 0 Å². The normalized spacial score (nSPS) is 10.9. The molecule has 0 heterocycles. The number of rotatable bonds is 9. The average molecular weight is 480 g/mol. The summed E-state index contributed by atoms with van der Waals surface area (Å²) in [7, 11) is 0. The quantitative estimate of drug-likeness (QED) is 0.309. The highest BCUT2D eigenvalue weighted by molar-refractivity contribution is 5.91. The summed E-state index contributed by atoms with van der Waals surface area (Å²) in [5, 5.41) is 28.7. The van der Waals surface area contributed by atoms with Crippen molar-refractivity contribution < 1.29 is 43.9 Å². The number of ether oxygens (including phenoxy) is 3. The molecule has 0 saturated carbocycles. The van der Waals surface area contributed by atoms with E-state index in [0.717, 1.165) is 0 Å². The summed E-state index contributed by atoms with van der Waals surface area (Å²) in [5.41, 5.74) is -0.812. The summed E-state index contributed by atoms with van der Waals surface area (Å²) < 4.78 is 16.0. The summed E-state index contributed by atoms with van der Waals surface area (Å²) in [6.07, 6.45) is 0. The SMILES string of the molecule is CC(COC(=O)c1cccc(O)c1)(COC(=O)c1cccc(O)c1)COC(=O)c1cccc(O)c1. The van der Waals surface area contributed by atoms with Crippen LogP contribution in [0.25, 0.3) is 0 Å². The summed E-state index contributed by atoms with van der Waals surface area (Å²) in [6, 6.07) is 16.8. The summed E-state index contributed by atoms with van der Waals surface area (Å²) in [5.74, 6) is -2.52. The lowest BCUT2D eigenvalue weighted by Gasteiger charge is -2.28. The van der Waals surface area contributed by atoms with E-state index < -0.39 is 23.3 Å². The van der Waals surface area contributed by atoms with E-state index in [4.69, 9.17) is 14.2 Å². The van der Waals surface area contributed by atoms with Crippen LogP contribution in [0.1, 0.15) is 38.0 Å². The molecule has 3 aromatic rings. The van der Waals surface area contributed by atoms with Gasteiger partial charge in [0.05, 0.1) is 22.1 Å². The number of carbonyl (C=O) groups excluding carboxylic acids is 3. The van der Waals surface area contributed by atoms with E-state index in [-0.39, 0.29) is 53.8 Å². The van der Waals surface area contributed by atoms with Crippen molar-refractivity contribution in [2.24, 2.45) is 5.41 Å². The van der Waals surface area contributed by atoms with Crippen LogP contribution in [-0.2, 0) is 14.2 Å². The number of phenolic OH excluding ortho intramolecular Hbond substituents is 3. The molecule has 3 N–H and O–H groups in total. The molecule has 3 rings (SSSR count). The van der Waals surface area contributed by atoms with Crippen LogP contribution in [0, 0.1) is 5.41 Å². The molecule has 0 aromatic heterocycles. The Hall–Kier alpha value is -4.53. The fourth-order valence-corrected chi connectivity index (χ4v) is 2.99. The van der Waals surface area contributed by atoms with Crippen LogP contribution in [0.15, 0.2) is 72.8 Å². The van der Waals surface area contributed by atoms with Crippen LogP contribution in [-0.4, -0.2) is 53.0 Å². The van der Waals surface area contributed by atoms with E-state index in [1.54, 1.807) is 6.92 Å². The number of benzene rings is 3. The Morgan fingerprint density at radius 2 is 0.886 bits per heavy atom. The van der Waals surface area contributed by atoms with E-state index >= 15 is 0 Å². The van der Waals surface area contributed by atoms with Crippen molar-refractivity contribution >= 4 is 17.9 Å². The largest absolute Gasteiger partial charge is 0.508 e. The first-order valence-corrected chi connectivity index (χ1v) is 10.5. The molecule has 0 saturated heterocycles. The van der Waals surface area contributed by atoms with Crippen molar-refractivity contribution in [1.82, 2.24) is 0 Å². The lowest BCUT2D eigenvalue weighted by Crippen LogP contribution is -2.37. The number of hydrogen-bond donors (Lipinski definition) is 3. The van der Waals surface area contributed by atoms with Crippen molar-refractivity contribution in [3.05, 3.63) is 89.5 Å². The van der Waals surface area contributed by atoms with Gasteiger partial charge in [-0.25, -0.2) is 14.4 Å². The highest BCUT2D eigenvalue weighted by atomic mass is 16.6. The third-order valence-corrected chi connectivity index (χ3v) is 4.90. The molecule has 9 heteroatoms. The van der Waals surface area contributed by atoms with Crippen molar-refractivity contribution in [3.8, 4) is 17.2 Å². The van der Waals surface area contributed by atoms with Gasteiger partial charge in [0.15, 0.2) is 0 Å². The summed E-state index contributed by atoms with van der Waals surface area (Å²) >= 11 is 0. The molecule has 0 fully saturated rings. The van der Waals surface area contributed by atoms with Gasteiger partial charge in [-0.05, 0) is 61.5 Å². The molecule has 0 atom stereocenters. The minimum Gasteiger partial charge on any atom is -0.508 e. The smallest absolute Gasteiger partial charge is 0.338 e. The predicted molar refractivity (Wildman–Crippen MR) is 123 cm³/mol. The highest BCUT2D eigenvalue weighted by Crippen LogP contribution is 2.23. The fraction of sp³-hybridized carbons (Fsp3) is 0.192. The second kappa shape index (κ2) is 11.1. The maximum absolute atomic E-state index is 12.4. The van der Waals surface area contributed by atoms with Crippen LogP contribution in [0.5, 0.6) is 17.2 Å². The molecule has 182 valence electrons. The Bertz CT molecular complexity index is 1070. The van der Waals surface area contributed by atoms with Crippen LogP contribution in [0.3, 0.4) is 0 Å². The number of carbonyl (C=O) groups is 3. The van der Waals surface area contributed by atoms with Gasteiger partial charge in [-0.3, -0.25) is 0 Å². The molecular formula is C26H24O9. The molecule has 0 amide bonds. The summed E-state index contributed by atoms with van der Waals surface area (Å²) in [6.45, 7) is 0.723. The zero-order valence-electron chi connectivity index (χ0n) is 18.8. The standard InChI is InChI=1S/C26H24O9/c1-26(14-33-23(30)17-5-2-8-20(27)11-17,15-34-24(31)18-6-3-9-21(28)12-18)16-35-25(32)19-7-4-10-22(29)13-19/h2-13,27-29H,14-16H2,1H3. The first-order chi connectivity index (χ1) is 16.6. The Morgan fingerprint density at radius 3 is 1.14 bits per heavy atom. The van der Waals surface area contributed by atoms with Gasteiger partial charge in [-0.1, -0.05) is 18.2 Å². The van der Waals surface area contributed by atoms with E-state index in [1.807, 2.05) is 0 Å². The maximum Gasteiger partial charge on any atom is 0.338 e.